The summed E-state index contributed by atoms with van der Waals surface area (Å²) in [5, 5.41) is 2.60. The SMILES string of the molecule is NC(=O)c1ccc(NC(=O)[C@H](Br)CC2CCCCO2)cc1F. The smallest absolute Gasteiger partial charge is 0.251 e. The van der Waals surface area contributed by atoms with Crippen LogP contribution in [-0.2, 0) is 9.53 Å². The van der Waals surface area contributed by atoms with E-state index in [4.69, 9.17) is 10.5 Å². The lowest BCUT2D eigenvalue weighted by Crippen LogP contribution is -2.29. The first-order valence-electron chi connectivity index (χ1n) is 7.13. The molecule has 7 heteroatoms. The number of ether oxygens (including phenoxy) is 1. The Balaban J connectivity index is 1.93. The van der Waals surface area contributed by atoms with Crippen molar-refractivity contribution in [3.63, 3.8) is 0 Å². The van der Waals surface area contributed by atoms with Crippen molar-refractivity contribution in [3.05, 3.63) is 29.6 Å². The number of hydrogen-bond acceptors (Lipinski definition) is 3. The lowest BCUT2D eigenvalue weighted by Gasteiger charge is -2.24. The number of hydrogen-bond donors (Lipinski definition) is 2. The van der Waals surface area contributed by atoms with E-state index in [0.717, 1.165) is 31.9 Å². The van der Waals surface area contributed by atoms with E-state index in [1.165, 1.54) is 12.1 Å². The van der Waals surface area contributed by atoms with Crippen LogP contribution in [0, 0.1) is 5.82 Å². The van der Waals surface area contributed by atoms with E-state index in [0.29, 0.717) is 6.42 Å². The van der Waals surface area contributed by atoms with Crippen molar-refractivity contribution in [1.82, 2.24) is 0 Å². The summed E-state index contributed by atoms with van der Waals surface area (Å²) in [5.74, 6) is -1.88. The normalized spacial score (nSPS) is 19.5. The molecule has 1 unspecified atom stereocenters. The molecule has 1 heterocycles. The van der Waals surface area contributed by atoms with Crippen LogP contribution in [0.15, 0.2) is 18.2 Å². The van der Waals surface area contributed by atoms with Gasteiger partial charge in [0.15, 0.2) is 0 Å². The van der Waals surface area contributed by atoms with Crippen LogP contribution in [0.2, 0.25) is 0 Å². The predicted octanol–water partition coefficient (Wildman–Crippen LogP) is 2.59. The second-order valence-electron chi connectivity index (χ2n) is 5.24. The van der Waals surface area contributed by atoms with Gasteiger partial charge in [-0.3, -0.25) is 9.59 Å². The van der Waals surface area contributed by atoms with Crippen LogP contribution in [0.3, 0.4) is 0 Å². The summed E-state index contributed by atoms with van der Waals surface area (Å²) in [7, 11) is 0. The first-order valence-corrected chi connectivity index (χ1v) is 8.05. The summed E-state index contributed by atoms with van der Waals surface area (Å²) in [5.41, 5.74) is 5.11. The number of halogens is 2. The van der Waals surface area contributed by atoms with Crippen molar-refractivity contribution < 1.29 is 18.7 Å². The lowest BCUT2D eigenvalue weighted by molar-refractivity contribution is -0.116. The van der Waals surface area contributed by atoms with Gasteiger partial charge in [0.2, 0.25) is 5.91 Å². The molecule has 2 amide bonds. The summed E-state index contributed by atoms with van der Waals surface area (Å²) >= 11 is 3.33. The highest BCUT2D eigenvalue weighted by molar-refractivity contribution is 9.10. The minimum absolute atomic E-state index is 0.0675. The van der Waals surface area contributed by atoms with E-state index in [1.807, 2.05) is 0 Å². The number of nitrogens with one attached hydrogen (secondary N) is 1. The Morgan fingerprint density at radius 2 is 2.23 bits per heavy atom. The van der Waals surface area contributed by atoms with Crippen molar-refractivity contribution in [2.24, 2.45) is 5.73 Å². The van der Waals surface area contributed by atoms with Gasteiger partial charge in [-0.1, -0.05) is 15.9 Å². The predicted molar refractivity (Wildman–Crippen MR) is 84.5 cm³/mol. The van der Waals surface area contributed by atoms with Gasteiger partial charge < -0.3 is 15.8 Å². The number of carbonyl (C=O) groups is 2. The Labute approximate surface area is 136 Å². The molecule has 1 aromatic rings. The van der Waals surface area contributed by atoms with Gasteiger partial charge >= 0.3 is 0 Å². The third kappa shape index (κ3) is 4.51. The van der Waals surface area contributed by atoms with Crippen LogP contribution >= 0.6 is 15.9 Å². The van der Waals surface area contributed by atoms with Crippen molar-refractivity contribution >= 4 is 33.4 Å². The molecule has 0 saturated carbocycles. The van der Waals surface area contributed by atoms with Gasteiger partial charge in [-0.25, -0.2) is 4.39 Å². The highest BCUT2D eigenvalue weighted by Gasteiger charge is 2.23. The molecule has 5 nitrogen and oxygen atoms in total. The minimum Gasteiger partial charge on any atom is -0.378 e. The standard InChI is InChI=1S/C15H18BrFN2O3/c16-12(8-10-3-1-2-6-22-10)15(21)19-9-4-5-11(14(18)20)13(17)7-9/h4-5,7,10,12H,1-3,6,8H2,(H2,18,20)(H,19,21)/t10?,12-/m1/s1. The summed E-state index contributed by atoms with van der Waals surface area (Å²) in [6.07, 6.45) is 3.73. The highest BCUT2D eigenvalue weighted by atomic mass is 79.9. The van der Waals surface area contributed by atoms with Crippen molar-refractivity contribution in [3.8, 4) is 0 Å². The Bertz CT molecular complexity index is 562. The summed E-state index contributed by atoms with van der Waals surface area (Å²) in [4.78, 5) is 22.6. The molecule has 120 valence electrons. The first kappa shape index (κ1) is 16.9. The molecule has 2 atom stereocenters. The zero-order valence-electron chi connectivity index (χ0n) is 12.0. The number of benzene rings is 1. The van der Waals surface area contributed by atoms with Gasteiger partial charge in [0.1, 0.15) is 5.82 Å². The first-order chi connectivity index (χ1) is 10.5. The summed E-state index contributed by atoms with van der Waals surface area (Å²) in [6, 6.07) is 3.77. The van der Waals surface area contributed by atoms with E-state index in [-0.39, 0.29) is 23.3 Å². The molecule has 2 rings (SSSR count). The largest absolute Gasteiger partial charge is 0.378 e. The van der Waals surface area contributed by atoms with Crippen molar-refractivity contribution in [2.75, 3.05) is 11.9 Å². The molecule has 1 saturated heterocycles. The van der Waals surface area contributed by atoms with Crippen LogP contribution in [0.5, 0.6) is 0 Å². The van der Waals surface area contributed by atoms with Gasteiger partial charge in [-0.05, 0) is 43.9 Å². The number of anilines is 1. The maximum atomic E-state index is 13.6. The number of carbonyl (C=O) groups excluding carboxylic acids is 2. The number of primary amides is 1. The maximum absolute atomic E-state index is 13.6. The van der Waals surface area contributed by atoms with E-state index >= 15 is 0 Å². The second-order valence-corrected chi connectivity index (χ2v) is 6.35. The number of alkyl halides is 1. The van der Waals surface area contributed by atoms with Crippen LogP contribution in [-0.4, -0.2) is 29.4 Å². The van der Waals surface area contributed by atoms with Crippen LogP contribution < -0.4 is 11.1 Å². The molecule has 0 bridgehead atoms. The zero-order chi connectivity index (χ0) is 16.1. The number of amides is 2. The third-order valence-corrected chi connectivity index (χ3v) is 4.32. The summed E-state index contributed by atoms with van der Waals surface area (Å²) in [6.45, 7) is 0.728. The summed E-state index contributed by atoms with van der Waals surface area (Å²) < 4.78 is 19.2. The quantitative estimate of drug-likeness (QED) is 0.779. The zero-order valence-corrected chi connectivity index (χ0v) is 13.6. The van der Waals surface area contributed by atoms with Crippen LogP contribution in [0.4, 0.5) is 10.1 Å². The molecule has 1 aliphatic rings. The van der Waals surface area contributed by atoms with E-state index in [2.05, 4.69) is 21.2 Å². The Kier molecular flexibility index (Phi) is 5.90. The van der Waals surface area contributed by atoms with Crippen molar-refractivity contribution in [1.29, 1.82) is 0 Å². The van der Waals surface area contributed by atoms with Gasteiger partial charge in [0.25, 0.3) is 5.91 Å². The van der Waals surface area contributed by atoms with Gasteiger partial charge in [-0.2, -0.15) is 0 Å². The topological polar surface area (TPSA) is 81.4 Å². The fourth-order valence-electron chi connectivity index (χ4n) is 2.34. The van der Waals surface area contributed by atoms with Crippen LogP contribution in [0.1, 0.15) is 36.0 Å². The fraction of sp³-hybridized carbons (Fsp3) is 0.467. The Morgan fingerprint density at radius 3 is 2.82 bits per heavy atom. The molecule has 0 spiro atoms. The molecular formula is C15H18BrFN2O3. The Morgan fingerprint density at radius 1 is 1.45 bits per heavy atom. The minimum atomic E-state index is -0.844. The van der Waals surface area contributed by atoms with Gasteiger partial charge in [0, 0.05) is 12.3 Å². The number of rotatable bonds is 5. The Hall–Kier alpha value is -1.47. The molecule has 0 aromatic heterocycles. The third-order valence-electron chi connectivity index (χ3n) is 3.53. The fourth-order valence-corrected chi connectivity index (χ4v) is 2.88. The average molecular weight is 373 g/mol. The molecule has 0 radical (unpaired) electrons. The average Bonchev–Trinajstić information content (AvgIpc) is 2.47. The molecule has 1 fully saturated rings. The molecule has 1 aromatic carbocycles. The molecule has 1 aliphatic heterocycles. The van der Waals surface area contributed by atoms with Gasteiger partial charge in [0.05, 0.1) is 16.5 Å². The molecule has 22 heavy (non-hydrogen) atoms. The van der Waals surface area contributed by atoms with Crippen LogP contribution in [0.25, 0.3) is 0 Å². The molecular weight excluding hydrogens is 355 g/mol. The monoisotopic (exact) mass is 372 g/mol. The van der Waals surface area contributed by atoms with Gasteiger partial charge in [-0.15, -0.1) is 0 Å². The van der Waals surface area contributed by atoms with E-state index in [9.17, 15) is 14.0 Å². The number of nitrogens with two attached hydrogens (primary N) is 1. The maximum Gasteiger partial charge on any atom is 0.251 e. The van der Waals surface area contributed by atoms with Crippen molar-refractivity contribution in [2.45, 2.75) is 36.6 Å². The molecule has 3 N–H and O–H groups in total. The highest BCUT2D eigenvalue weighted by Crippen LogP contribution is 2.22. The van der Waals surface area contributed by atoms with E-state index < -0.39 is 16.6 Å². The molecule has 0 aliphatic carbocycles. The second kappa shape index (κ2) is 7.69. The lowest BCUT2D eigenvalue weighted by atomic mass is 10.0. The van der Waals surface area contributed by atoms with E-state index in [1.54, 1.807) is 0 Å².